The van der Waals surface area contributed by atoms with Crippen LogP contribution in [0.1, 0.15) is 98.9 Å². The molecule has 0 saturated heterocycles. The average molecular weight is 823 g/mol. The minimum atomic E-state index is -5.29. The van der Waals surface area contributed by atoms with Crippen LogP contribution in [0.2, 0.25) is 0 Å². The van der Waals surface area contributed by atoms with E-state index in [4.69, 9.17) is 0 Å². The van der Waals surface area contributed by atoms with Gasteiger partial charge in [-0.25, -0.2) is 0 Å². The zero-order valence-corrected chi connectivity index (χ0v) is 31.6. The molecule has 0 N–H and O–H groups in total. The first-order chi connectivity index (χ1) is 25.7. The number of halogens is 12. The van der Waals surface area contributed by atoms with Gasteiger partial charge in [0.2, 0.25) is 0 Å². The van der Waals surface area contributed by atoms with Crippen molar-refractivity contribution in [1.82, 2.24) is 0 Å². The Hall–Kier alpha value is -2.84. The molecule has 0 unspecified atom stereocenters. The molecule has 0 heterocycles. The summed E-state index contributed by atoms with van der Waals surface area (Å²) in [6.45, 7) is 1.49. The van der Waals surface area contributed by atoms with Gasteiger partial charge in [-0.15, -0.1) is 0 Å². The van der Waals surface area contributed by atoms with E-state index in [1.807, 2.05) is 24.3 Å². The lowest BCUT2D eigenvalue weighted by Crippen LogP contribution is -2.30. The van der Waals surface area contributed by atoms with Gasteiger partial charge in [-0.05, 0) is 114 Å². The van der Waals surface area contributed by atoms with Gasteiger partial charge in [0, 0.05) is 5.92 Å². The third kappa shape index (κ3) is 9.49. The standard InChI is InChI=1S/C41H40F12P2/c1-25(34-16-10-17-35(34)36-15-8-9-18-37(36)55(30-11-4-2-5-12-30)31-13-6-3-7-14-31)54(32-21-26(38(42,43)44)19-27(22-32)39(45,46)47)33-23-28(40(48,49)50)20-29(24-33)41(51,52)53/h8-10,15-25,30-31,34H,2-7,11-14H2,1H3/t25-,34+/m1/s1. The Bertz CT molecular complexity index is 1720. The fraction of sp³-hybridized carbons (Fsp3) is 0.463. The smallest absolute Gasteiger partial charge is 0.166 e. The molecule has 3 aliphatic carbocycles. The van der Waals surface area contributed by atoms with E-state index in [-0.39, 0.29) is 12.1 Å². The maximum absolute atomic E-state index is 14.2. The second kappa shape index (κ2) is 16.2. The summed E-state index contributed by atoms with van der Waals surface area (Å²) < 4.78 is 170. The van der Waals surface area contributed by atoms with Crippen molar-refractivity contribution >= 4 is 37.3 Å². The van der Waals surface area contributed by atoms with Crippen molar-refractivity contribution in [3.05, 3.63) is 107 Å². The quantitative estimate of drug-likeness (QED) is 0.157. The number of benzene rings is 3. The molecule has 14 heteroatoms. The minimum Gasteiger partial charge on any atom is -0.166 e. The molecule has 2 saturated carbocycles. The van der Waals surface area contributed by atoms with Crippen LogP contribution in [0.4, 0.5) is 52.7 Å². The third-order valence-electron chi connectivity index (χ3n) is 11.0. The SMILES string of the molecule is C[C@H]([C@@H]1C=CC=C1c1ccccc1P(C1CCCCC1)C1CCCCC1)P(c1cc(C(F)(F)F)cc(C(F)(F)F)c1)c1cc(C(F)(F)F)cc(C(F)(F)F)c1. The molecular formula is C41H40F12P2. The third-order valence-corrected chi connectivity index (χ3v) is 17.3. The molecule has 0 aromatic heterocycles. The summed E-state index contributed by atoms with van der Waals surface area (Å²) in [5, 5.41) is -0.113. The van der Waals surface area contributed by atoms with Crippen molar-refractivity contribution in [1.29, 1.82) is 0 Å². The highest BCUT2D eigenvalue weighted by atomic mass is 31.1. The molecule has 3 aromatic rings. The Morgan fingerprint density at radius 2 is 0.945 bits per heavy atom. The van der Waals surface area contributed by atoms with Crippen molar-refractivity contribution in [3.63, 3.8) is 0 Å². The topological polar surface area (TPSA) is 0 Å². The summed E-state index contributed by atoms with van der Waals surface area (Å²) in [6, 6.07) is 9.40. The van der Waals surface area contributed by atoms with Crippen LogP contribution < -0.4 is 15.9 Å². The van der Waals surface area contributed by atoms with E-state index in [0.29, 0.717) is 41.2 Å². The monoisotopic (exact) mass is 822 g/mol. The molecular weight excluding hydrogens is 782 g/mol. The molecule has 2 fully saturated rings. The van der Waals surface area contributed by atoms with E-state index in [1.54, 1.807) is 12.2 Å². The van der Waals surface area contributed by atoms with Crippen LogP contribution in [0.25, 0.3) is 5.57 Å². The maximum atomic E-state index is 14.2. The van der Waals surface area contributed by atoms with Gasteiger partial charge in [-0.2, -0.15) is 52.7 Å². The highest BCUT2D eigenvalue weighted by Crippen LogP contribution is 2.57. The highest BCUT2D eigenvalue weighted by molar-refractivity contribution is 7.73. The van der Waals surface area contributed by atoms with Crippen molar-refractivity contribution in [2.24, 2.45) is 5.92 Å². The normalized spacial score (nSPS) is 20.1. The molecule has 0 aliphatic heterocycles. The van der Waals surface area contributed by atoms with Gasteiger partial charge in [-0.3, -0.25) is 0 Å². The molecule has 0 bridgehead atoms. The van der Waals surface area contributed by atoms with E-state index in [9.17, 15) is 52.7 Å². The number of hydrogen-bond acceptors (Lipinski definition) is 0. The van der Waals surface area contributed by atoms with Gasteiger partial charge in [0.1, 0.15) is 0 Å². The van der Waals surface area contributed by atoms with Crippen LogP contribution in [-0.2, 0) is 24.7 Å². The number of alkyl halides is 12. The van der Waals surface area contributed by atoms with E-state index in [2.05, 4.69) is 6.07 Å². The molecule has 0 spiro atoms. The molecule has 0 radical (unpaired) electrons. The van der Waals surface area contributed by atoms with Gasteiger partial charge in [0.15, 0.2) is 0 Å². The molecule has 55 heavy (non-hydrogen) atoms. The predicted molar refractivity (Wildman–Crippen MR) is 196 cm³/mol. The van der Waals surface area contributed by atoms with E-state index in [0.717, 1.165) is 75.1 Å². The molecule has 0 nitrogen and oxygen atoms in total. The molecule has 298 valence electrons. The Kier molecular flexibility index (Phi) is 12.3. The summed E-state index contributed by atoms with van der Waals surface area (Å²) in [5.41, 5.74) is -5.36. The van der Waals surface area contributed by atoms with Crippen LogP contribution in [0.15, 0.2) is 78.9 Å². The van der Waals surface area contributed by atoms with Crippen LogP contribution in [0, 0.1) is 5.92 Å². The zero-order valence-electron chi connectivity index (χ0n) is 29.8. The van der Waals surface area contributed by atoms with E-state index >= 15 is 0 Å². The summed E-state index contributed by atoms with van der Waals surface area (Å²) in [5.74, 6) is -0.755. The molecule has 3 aromatic carbocycles. The number of rotatable bonds is 8. The van der Waals surface area contributed by atoms with Crippen molar-refractivity contribution in [2.45, 2.75) is 113 Å². The largest absolute Gasteiger partial charge is 0.416 e. The highest BCUT2D eigenvalue weighted by Gasteiger charge is 2.43. The van der Waals surface area contributed by atoms with Crippen molar-refractivity contribution < 1.29 is 52.7 Å². The zero-order chi connectivity index (χ0) is 39.9. The molecule has 6 rings (SSSR count). The average Bonchev–Trinajstić information content (AvgIpc) is 3.61. The maximum Gasteiger partial charge on any atom is 0.416 e. The van der Waals surface area contributed by atoms with Gasteiger partial charge < -0.3 is 0 Å². The van der Waals surface area contributed by atoms with Gasteiger partial charge >= 0.3 is 24.7 Å². The summed E-state index contributed by atoms with van der Waals surface area (Å²) in [4.78, 5) is 0. The Morgan fingerprint density at radius 1 is 0.545 bits per heavy atom. The first-order valence-corrected chi connectivity index (χ1v) is 21.3. The number of allylic oxidation sites excluding steroid dienone is 4. The minimum absolute atomic E-state index is 0.0924. The lowest BCUT2D eigenvalue weighted by atomic mass is 9.93. The lowest BCUT2D eigenvalue weighted by Gasteiger charge is -2.40. The van der Waals surface area contributed by atoms with Gasteiger partial charge in [0.25, 0.3) is 0 Å². The summed E-state index contributed by atoms with van der Waals surface area (Å²) >= 11 is 0. The summed E-state index contributed by atoms with van der Waals surface area (Å²) in [6.07, 6.45) is -4.91. The van der Waals surface area contributed by atoms with Crippen LogP contribution in [0.3, 0.4) is 0 Å². The Morgan fingerprint density at radius 3 is 1.35 bits per heavy atom. The Balaban J connectivity index is 1.53. The lowest BCUT2D eigenvalue weighted by molar-refractivity contribution is -0.144. The van der Waals surface area contributed by atoms with Gasteiger partial charge in [-0.1, -0.05) is 95.9 Å². The second-order valence-electron chi connectivity index (χ2n) is 14.7. The summed E-state index contributed by atoms with van der Waals surface area (Å²) in [7, 11) is -3.43. The fourth-order valence-electron chi connectivity index (χ4n) is 8.47. The van der Waals surface area contributed by atoms with Crippen molar-refractivity contribution in [2.75, 3.05) is 0 Å². The van der Waals surface area contributed by atoms with E-state index in [1.165, 1.54) is 6.92 Å². The van der Waals surface area contributed by atoms with E-state index < -0.39 is 85.0 Å². The van der Waals surface area contributed by atoms with Gasteiger partial charge in [0.05, 0.1) is 22.3 Å². The van der Waals surface area contributed by atoms with Crippen LogP contribution in [0.5, 0.6) is 0 Å². The predicted octanol–water partition coefficient (Wildman–Crippen LogP) is 13.6. The molecule has 3 aliphatic rings. The molecule has 0 amide bonds. The first-order valence-electron chi connectivity index (χ1n) is 18.4. The van der Waals surface area contributed by atoms with Crippen molar-refractivity contribution in [3.8, 4) is 0 Å². The number of hydrogen-bond donors (Lipinski definition) is 0. The first kappa shape index (κ1) is 41.8. The second-order valence-corrected chi connectivity index (χ2v) is 20.0. The fourth-order valence-corrected chi connectivity index (χ4v) is 15.4. The Labute approximate surface area is 315 Å². The molecule has 2 atom stereocenters. The van der Waals surface area contributed by atoms with Crippen LogP contribution >= 0.6 is 15.8 Å². The van der Waals surface area contributed by atoms with Crippen LogP contribution in [-0.4, -0.2) is 17.0 Å².